The molecule has 49 heavy (non-hydrogen) atoms. The Morgan fingerprint density at radius 3 is 2.41 bits per heavy atom. The summed E-state index contributed by atoms with van der Waals surface area (Å²) in [5.74, 6) is -2.98. The molecule has 0 saturated heterocycles. The van der Waals surface area contributed by atoms with Gasteiger partial charge in [0, 0.05) is 29.8 Å². The van der Waals surface area contributed by atoms with Crippen molar-refractivity contribution in [3.8, 4) is 16.9 Å². The maximum absolute atomic E-state index is 15.3. The molecule has 2 amide bonds. The van der Waals surface area contributed by atoms with Gasteiger partial charge < -0.3 is 20.5 Å². The van der Waals surface area contributed by atoms with Gasteiger partial charge in [0.2, 0.25) is 5.91 Å². The van der Waals surface area contributed by atoms with Crippen LogP contribution in [0, 0.1) is 41.3 Å². The van der Waals surface area contributed by atoms with Crippen LogP contribution < -0.4 is 15.4 Å². The van der Waals surface area contributed by atoms with Crippen molar-refractivity contribution in [1.82, 2.24) is 5.32 Å². The first-order valence-corrected chi connectivity index (χ1v) is 17.0. The monoisotopic (exact) mass is 700 g/mol. The van der Waals surface area contributed by atoms with E-state index in [4.69, 9.17) is 4.74 Å². The van der Waals surface area contributed by atoms with Crippen LogP contribution in [0.4, 0.5) is 23.2 Å². The molecule has 0 radical (unpaired) electrons. The van der Waals surface area contributed by atoms with Crippen molar-refractivity contribution in [1.29, 1.82) is 0 Å². The second kappa shape index (κ2) is 13.0. The van der Waals surface area contributed by atoms with Crippen LogP contribution in [-0.4, -0.2) is 50.5 Å². The number of carboxylic acids is 1. The molecule has 3 aliphatic rings. The highest BCUT2D eigenvalue weighted by Crippen LogP contribution is 2.59. The zero-order valence-corrected chi connectivity index (χ0v) is 26.9. The first kappa shape index (κ1) is 34.2. The number of fused-ring (bicyclic) bond motifs is 4. The fourth-order valence-corrected chi connectivity index (χ4v) is 8.48. The lowest BCUT2D eigenvalue weighted by molar-refractivity contribution is -0.136. The van der Waals surface area contributed by atoms with E-state index in [1.54, 1.807) is 24.3 Å². The number of carbonyl (C=O) groups is 3. The lowest BCUT2D eigenvalue weighted by atomic mass is 9.50. The number of allylic oxidation sites excluding steroid dienone is 2. The van der Waals surface area contributed by atoms with Crippen LogP contribution in [0.15, 0.2) is 77.7 Å². The van der Waals surface area contributed by atoms with Crippen LogP contribution in [0.1, 0.15) is 28.8 Å². The molecule has 258 valence electrons. The summed E-state index contributed by atoms with van der Waals surface area (Å²) in [6, 6.07) is 13.0. The van der Waals surface area contributed by atoms with Crippen molar-refractivity contribution in [2.45, 2.75) is 29.7 Å². The van der Waals surface area contributed by atoms with Gasteiger partial charge in [0.05, 0.1) is 24.0 Å². The summed E-state index contributed by atoms with van der Waals surface area (Å²) in [6.45, 7) is 0.249. The standard InChI is InChI=1S/C35H32F4N2O7S/c1-48-30-16-29(36)24(23-8-3-2-5-18(23)12-31(42)43)14-26(30)33(44)40-17-28-19-9-10-20(11-19)32-25(28)15-27(32)34(45)41-21-6-4-7-22(13-21)49(46,47)35(37,38)39/h2-10,13-14,16,19-20,25,27-28,32H,11-12,15,17H2,1H3,(H,40,44)(H,41,45)(H,42,43)/t19-,20+,25?,27+,28+,32?/m0/s1. The molecule has 2 saturated carbocycles. The van der Waals surface area contributed by atoms with Crippen molar-refractivity contribution in [2.24, 2.45) is 35.5 Å². The van der Waals surface area contributed by atoms with Gasteiger partial charge in [-0.15, -0.1) is 0 Å². The van der Waals surface area contributed by atoms with E-state index in [-0.39, 0.29) is 65.1 Å². The summed E-state index contributed by atoms with van der Waals surface area (Å²) in [7, 11) is -4.28. The van der Waals surface area contributed by atoms with E-state index in [2.05, 4.69) is 22.8 Å². The number of halogens is 4. The quantitative estimate of drug-likeness (QED) is 0.178. The summed E-state index contributed by atoms with van der Waals surface area (Å²) in [5.41, 5.74) is -4.70. The predicted molar refractivity (Wildman–Crippen MR) is 170 cm³/mol. The number of hydrogen-bond donors (Lipinski definition) is 3. The molecular formula is C35H32F4N2O7S. The minimum atomic E-state index is -5.59. The fraction of sp³-hybridized carbons (Fsp3) is 0.343. The van der Waals surface area contributed by atoms with E-state index >= 15 is 4.39 Å². The SMILES string of the molecule is COc1cc(F)c(-c2ccccc2CC(=O)O)cc1C(=O)NC[C@H]1C2C[C@@H](C(=O)Nc3cccc(S(=O)(=O)C(F)(F)F)c3)C2[C@@H]2C=C[C@H]1C2. The highest BCUT2D eigenvalue weighted by molar-refractivity contribution is 7.92. The van der Waals surface area contributed by atoms with Gasteiger partial charge in [-0.2, -0.15) is 13.2 Å². The topological polar surface area (TPSA) is 139 Å². The first-order valence-electron chi connectivity index (χ1n) is 15.6. The number of alkyl halides is 3. The Kier molecular flexibility index (Phi) is 9.03. The number of sulfone groups is 1. The Morgan fingerprint density at radius 1 is 0.959 bits per heavy atom. The van der Waals surface area contributed by atoms with Crippen LogP contribution >= 0.6 is 0 Å². The number of carboxylic acid groups (broad SMARTS) is 1. The van der Waals surface area contributed by atoms with Gasteiger partial charge in [-0.1, -0.05) is 42.5 Å². The lowest BCUT2D eigenvalue weighted by Crippen LogP contribution is -2.55. The first-order chi connectivity index (χ1) is 23.2. The van der Waals surface area contributed by atoms with Crippen LogP contribution in [-0.2, 0) is 25.8 Å². The Bertz CT molecular complexity index is 1960. The van der Waals surface area contributed by atoms with E-state index in [1.807, 2.05) is 0 Å². The van der Waals surface area contributed by atoms with Crippen LogP contribution in [0.5, 0.6) is 5.75 Å². The molecule has 3 aromatic rings. The van der Waals surface area contributed by atoms with Gasteiger partial charge in [-0.3, -0.25) is 14.4 Å². The molecule has 3 aliphatic carbocycles. The maximum Gasteiger partial charge on any atom is 0.501 e. The number of carbonyl (C=O) groups excluding carboxylic acids is 2. The Labute approximate surface area is 279 Å². The second-order valence-electron chi connectivity index (χ2n) is 12.6. The summed E-state index contributed by atoms with van der Waals surface area (Å²) in [4.78, 5) is 37.3. The smallest absolute Gasteiger partial charge is 0.496 e. The molecular weight excluding hydrogens is 668 g/mol. The number of rotatable bonds is 10. The van der Waals surface area contributed by atoms with Gasteiger partial charge >= 0.3 is 11.5 Å². The van der Waals surface area contributed by atoms with Crippen molar-refractivity contribution in [3.63, 3.8) is 0 Å². The third-order valence-corrected chi connectivity index (χ3v) is 11.4. The van der Waals surface area contributed by atoms with Gasteiger partial charge in [-0.05, 0) is 77.8 Å². The molecule has 0 aliphatic heterocycles. The van der Waals surface area contributed by atoms with E-state index in [1.165, 1.54) is 19.2 Å². The highest BCUT2D eigenvalue weighted by Gasteiger charge is 2.57. The number of ether oxygens (including phenoxy) is 1. The Hall–Kier alpha value is -4.72. The molecule has 0 spiro atoms. The number of amides is 2. The lowest BCUT2D eigenvalue weighted by Gasteiger charge is -2.54. The van der Waals surface area contributed by atoms with Crippen molar-refractivity contribution < 1.29 is 50.2 Å². The van der Waals surface area contributed by atoms with Crippen molar-refractivity contribution in [2.75, 3.05) is 19.0 Å². The van der Waals surface area contributed by atoms with Gasteiger partial charge in [-0.25, -0.2) is 12.8 Å². The van der Waals surface area contributed by atoms with E-state index in [0.29, 0.717) is 17.5 Å². The van der Waals surface area contributed by atoms with Crippen LogP contribution in [0.2, 0.25) is 0 Å². The number of aliphatic carboxylic acids is 1. The van der Waals surface area contributed by atoms with Gasteiger partial charge in [0.1, 0.15) is 11.6 Å². The average Bonchev–Trinajstić information content (AvgIpc) is 3.46. The summed E-state index contributed by atoms with van der Waals surface area (Å²) < 4.78 is 83.5. The van der Waals surface area contributed by atoms with E-state index in [0.717, 1.165) is 30.7 Å². The number of methoxy groups -OCH3 is 1. The normalized spacial score (nSPS) is 24.0. The zero-order chi connectivity index (χ0) is 35.2. The minimum Gasteiger partial charge on any atom is -0.496 e. The molecule has 6 rings (SSSR count). The second-order valence-corrected chi connectivity index (χ2v) is 14.6. The fourth-order valence-electron chi connectivity index (χ4n) is 7.67. The number of hydrogen-bond acceptors (Lipinski definition) is 6. The Balaban J connectivity index is 1.16. The molecule has 3 aromatic carbocycles. The molecule has 2 bridgehead atoms. The van der Waals surface area contributed by atoms with E-state index in [9.17, 15) is 41.1 Å². The van der Waals surface area contributed by atoms with Crippen LogP contribution in [0.3, 0.4) is 0 Å². The third kappa shape index (κ3) is 6.41. The average molecular weight is 701 g/mol. The molecule has 2 fully saturated rings. The maximum atomic E-state index is 15.3. The number of anilines is 1. The molecule has 0 aromatic heterocycles. The van der Waals surface area contributed by atoms with Gasteiger partial charge in [0.15, 0.2) is 0 Å². The molecule has 6 atom stereocenters. The largest absolute Gasteiger partial charge is 0.501 e. The number of benzene rings is 3. The molecule has 14 heteroatoms. The molecule has 3 N–H and O–H groups in total. The van der Waals surface area contributed by atoms with Crippen molar-refractivity contribution >= 4 is 33.3 Å². The van der Waals surface area contributed by atoms with Crippen LogP contribution in [0.25, 0.3) is 11.1 Å². The predicted octanol–water partition coefficient (Wildman–Crippen LogP) is 5.86. The molecule has 2 unspecified atom stereocenters. The van der Waals surface area contributed by atoms with Crippen molar-refractivity contribution in [3.05, 3.63) is 89.8 Å². The Morgan fingerprint density at radius 2 is 1.69 bits per heavy atom. The molecule has 9 nitrogen and oxygen atoms in total. The third-order valence-electron chi connectivity index (χ3n) is 9.96. The summed E-state index contributed by atoms with van der Waals surface area (Å²) in [5, 5.41) is 14.9. The summed E-state index contributed by atoms with van der Waals surface area (Å²) in [6.07, 6.45) is 5.03. The molecule has 0 heterocycles. The highest BCUT2D eigenvalue weighted by atomic mass is 32.2. The zero-order valence-electron chi connectivity index (χ0n) is 26.0. The number of nitrogens with one attached hydrogen (secondary N) is 2. The van der Waals surface area contributed by atoms with Gasteiger partial charge in [0.25, 0.3) is 15.7 Å². The van der Waals surface area contributed by atoms with E-state index < -0.39 is 49.8 Å². The minimum absolute atomic E-state index is 0.00398. The summed E-state index contributed by atoms with van der Waals surface area (Å²) >= 11 is 0.